The van der Waals surface area contributed by atoms with Crippen LogP contribution in [0.3, 0.4) is 0 Å². The maximum Gasteiger partial charge on any atom is 0.318 e. The first-order valence-electron chi connectivity index (χ1n) is 9.62. The van der Waals surface area contributed by atoms with Gasteiger partial charge < -0.3 is 26.7 Å². The van der Waals surface area contributed by atoms with Crippen molar-refractivity contribution in [2.45, 2.75) is 44.2 Å². The Morgan fingerprint density at radius 2 is 2.04 bits per heavy atom. The van der Waals surface area contributed by atoms with Crippen molar-refractivity contribution in [2.75, 3.05) is 6.54 Å². The van der Waals surface area contributed by atoms with Gasteiger partial charge in [-0.15, -0.1) is 0 Å². The largest absolute Gasteiger partial charge is 0.350 e. The summed E-state index contributed by atoms with van der Waals surface area (Å²) in [5.74, 6) is -0.613. The van der Waals surface area contributed by atoms with Gasteiger partial charge in [0, 0.05) is 41.3 Å². The molecule has 2 aromatic rings. The number of benzene rings is 1. The molecule has 1 saturated carbocycles. The summed E-state index contributed by atoms with van der Waals surface area (Å²) < 4.78 is 13.8. The van der Waals surface area contributed by atoms with Crippen molar-refractivity contribution in [3.63, 3.8) is 0 Å². The zero-order chi connectivity index (χ0) is 19.7. The number of amides is 3. The van der Waals surface area contributed by atoms with Crippen molar-refractivity contribution in [1.29, 1.82) is 0 Å². The van der Waals surface area contributed by atoms with Gasteiger partial charge in [0.2, 0.25) is 0 Å². The molecule has 6 N–H and O–H groups in total. The molecule has 148 valence electrons. The molecule has 1 aromatic carbocycles. The highest BCUT2D eigenvalue weighted by Gasteiger charge is 2.24. The van der Waals surface area contributed by atoms with E-state index in [4.69, 9.17) is 5.73 Å². The number of H-pyrrole nitrogens is 1. The van der Waals surface area contributed by atoms with Crippen molar-refractivity contribution in [3.8, 4) is 0 Å². The van der Waals surface area contributed by atoms with Crippen LogP contribution in [-0.2, 0) is 0 Å². The van der Waals surface area contributed by atoms with Gasteiger partial charge in [-0.1, -0.05) is 0 Å². The van der Waals surface area contributed by atoms with Gasteiger partial charge in [0.05, 0.1) is 0 Å². The summed E-state index contributed by atoms with van der Waals surface area (Å²) in [6.45, 7) is 0.438. The average Bonchev–Trinajstić information content (AvgIpc) is 2.97. The lowest BCUT2D eigenvalue weighted by atomic mass is 9.92. The summed E-state index contributed by atoms with van der Waals surface area (Å²) in [6.07, 6.45) is 5.70. The van der Waals surface area contributed by atoms with Crippen LogP contribution in [0.2, 0.25) is 0 Å². The van der Waals surface area contributed by atoms with Crippen LogP contribution < -0.4 is 21.7 Å². The number of aromatic nitrogens is 1. The Kier molecular flexibility index (Phi) is 5.04. The predicted molar refractivity (Wildman–Crippen MR) is 105 cm³/mol. The van der Waals surface area contributed by atoms with Crippen molar-refractivity contribution in [1.82, 2.24) is 20.9 Å². The summed E-state index contributed by atoms with van der Waals surface area (Å²) in [5.41, 5.74) is 8.36. The van der Waals surface area contributed by atoms with Crippen molar-refractivity contribution in [2.24, 2.45) is 5.73 Å². The molecule has 0 saturated heterocycles. The molecule has 0 spiro atoms. The number of nitrogens with one attached hydrogen (secondary N) is 4. The van der Waals surface area contributed by atoms with E-state index in [-0.39, 0.29) is 29.8 Å². The lowest BCUT2D eigenvalue weighted by Gasteiger charge is -2.26. The fourth-order valence-corrected chi connectivity index (χ4v) is 3.98. The fraction of sp³-hybridized carbons (Fsp3) is 0.400. The molecule has 1 aliphatic carbocycles. The second kappa shape index (κ2) is 7.63. The molecule has 0 atom stereocenters. The molecule has 0 bridgehead atoms. The minimum absolute atomic E-state index is 0.119. The van der Waals surface area contributed by atoms with E-state index in [1.165, 1.54) is 12.1 Å². The molecule has 28 heavy (non-hydrogen) atoms. The summed E-state index contributed by atoms with van der Waals surface area (Å²) in [5, 5.41) is 9.19. The molecule has 1 aromatic heterocycles. The quantitative estimate of drug-likeness (QED) is 0.547. The number of carbonyl (C=O) groups is 2. The number of aromatic amines is 1. The first-order valence-corrected chi connectivity index (χ1v) is 9.62. The van der Waals surface area contributed by atoms with Gasteiger partial charge in [0.25, 0.3) is 5.91 Å². The minimum atomic E-state index is -0.375. The Balaban J connectivity index is 1.57. The standard InChI is InChI=1S/C20H24FN5O2/c21-12-1-6-16-15(9-12)17-11(7-8-23-19(27)18(17)26-16)10-24-20(28)25-14-4-2-13(22)3-5-14/h1,6,9-10,13-14,26H,2-5,7-8,22H2,(H,23,27)(H2,24,25,28)/b11-10+/t13-,14+. The molecule has 4 rings (SSSR count). The Hall–Kier alpha value is -2.87. The third-order valence-corrected chi connectivity index (χ3v) is 5.47. The molecule has 0 unspecified atom stereocenters. The molecule has 2 heterocycles. The molecule has 1 aliphatic heterocycles. The lowest BCUT2D eigenvalue weighted by molar-refractivity contribution is 0.0952. The van der Waals surface area contributed by atoms with Gasteiger partial charge in [0.15, 0.2) is 0 Å². The van der Waals surface area contributed by atoms with Gasteiger partial charge in [-0.25, -0.2) is 9.18 Å². The zero-order valence-electron chi connectivity index (χ0n) is 15.5. The molecule has 7 nitrogen and oxygen atoms in total. The monoisotopic (exact) mass is 385 g/mol. The molecule has 8 heteroatoms. The molecule has 1 fully saturated rings. The van der Waals surface area contributed by atoms with E-state index in [2.05, 4.69) is 20.9 Å². The second-order valence-corrected chi connectivity index (χ2v) is 7.47. The first kappa shape index (κ1) is 18.5. The van der Waals surface area contributed by atoms with Crippen LogP contribution >= 0.6 is 0 Å². The van der Waals surface area contributed by atoms with E-state index < -0.39 is 0 Å². The number of halogens is 1. The summed E-state index contributed by atoms with van der Waals surface area (Å²) >= 11 is 0. The predicted octanol–water partition coefficient (Wildman–Crippen LogP) is 2.35. The van der Waals surface area contributed by atoms with Crippen LogP contribution in [0, 0.1) is 5.82 Å². The van der Waals surface area contributed by atoms with Gasteiger partial charge in [-0.3, -0.25) is 4.79 Å². The van der Waals surface area contributed by atoms with Crippen LogP contribution in [-0.4, -0.2) is 35.6 Å². The minimum Gasteiger partial charge on any atom is -0.350 e. The van der Waals surface area contributed by atoms with E-state index in [1.807, 2.05) is 0 Å². The number of urea groups is 1. The second-order valence-electron chi connectivity index (χ2n) is 7.47. The maximum absolute atomic E-state index is 13.8. The van der Waals surface area contributed by atoms with Crippen LogP contribution in [0.15, 0.2) is 24.4 Å². The fourth-order valence-electron chi connectivity index (χ4n) is 3.98. The van der Waals surface area contributed by atoms with E-state index in [0.717, 1.165) is 31.3 Å². The van der Waals surface area contributed by atoms with Crippen LogP contribution in [0.4, 0.5) is 9.18 Å². The Morgan fingerprint density at radius 3 is 2.82 bits per heavy atom. The van der Waals surface area contributed by atoms with Gasteiger partial charge in [0.1, 0.15) is 11.5 Å². The van der Waals surface area contributed by atoms with E-state index in [0.29, 0.717) is 35.1 Å². The highest BCUT2D eigenvalue weighted by Crippen LogP contribution is 2.32. The van der Waals surface area contributed by atoms with Crippen LogP contribution in [0.5, 0.6) is 0 Å². The Bertz CT molecular complexity index is 943. The Labute approximate surface area is 161 Å². The highest BCUT2D eigenvalue weighted by molar-refractivity contribution is 6.07. The Morgan fingerprint density at radius 1 is 1.25 bits per heavy atom. The number of rotatable bonds is 2. The van der Waals surface area contributed by atoms with Crippen LogP contribution in [0.1, 0.15) is 48.2 Å². The summed E-state index contributed by atoms with van der Waals surface area (Å²) in [6, 6.07) is 4.42. The maximum atomic E-state index is 13.8. The van der Waals surface area contributed by atoms with Crippen molar-refractivity contribution >= 4 is 28.4 Å². The molecule has 0 radical (unpaired) electrons. The van der Waals surface area contributed by atoms with E-state index in [9.17, 15) is 14.0 Å². The molecule has 3 amide bonds. The van der Waals surface area contributed by atoms with Gasteiger partial charge in [-0.05, 0) is 55.9 Å². The number of carbonyl (C=O) groups excluding carboxylic acids is 2. The van der Waals surface area contributed by atoms with Gasteiger partial charge in [-0.2, -0.15) is 0 Å². The smallest absolute Gasteiger partial charge is 0.318 e. The first-order chi connectivity index (χ1) is 13.5. The third-order valence-electron chi connectivity index (χ3n) is 5.47. The number of hydrogen-bond donors (Lipinski definition) is 5. The average molecular weight is 385 g/mol. The number of fused-ring (bicyclic) bond motifs is 3. The van der Waals surface area contributed by atoms with Crippen molar-refractivity contribution < 1.29 is 14.0 Å². The van der Waals surface area contributed by atoms with Gasteiger partial charge >= 0.3 is 6.03 Å². The number of nitrogens with two attached hydrogens (primary N) is 1. The van der Waals surface area contributed by atoms with E-state index >= 15 is 0 Å². The summed E-state index contributed by atoms with van der Waals surface area (Å²) in [4.78, 5) is 27.7. The van der Waals surface area contributed by atoms with Crippen molar-refractivity contribution in [3.05, 3.63) is 41.5 Å². The third kappa shape index (κ3) is 3.73. The van der Waals surface area contributed by atoms with Crippen LogP contribution in [0.25, 0.3) is 16.5 Å². The summed E-state index contributed by atoms with van der Waals surface area (Å²) in [7, 11) is 0. The molecular weight excluding hydrogens is 361 g/mol. The number of hydrogen-bond acceptors (Lipinski definition) is 3. The normalized spacial score (nSPS) is 23.8. The lowest BCUT2D eigenvalue weighted by Crippen LogP contribution is -2.43. The zero-order valence-corrected chi connectivity index (χ0v) is 15.5. The molecule has 2 aliphatic rings. The SMILES string of the molecule is N[C@H]1CC[C@@H](NC(=O)N/C=C2\CCNC(=O)c3[nH]c4ccc(F)cc4c32)CC1. The van der Waals surface area contributed by atoms with E-state index in [1.54, 1.807) is 12.3 Å². The molecular formula is C20H24FN5O2. The topological polar surface area (TPSA) is 112 Å². The highest BCUT2D eigenvalue weighted by atomic mass is 19.1.